The minimum absolute atomic E-state index is 0. The zero-order valence-corrected chi connectivity index (χ0v) is 16.1. The summed E-state index contributed by atoms with van der Waals surface area (Å²) in [5.74, 6) is 0.778. The summed E-state index contributed by atoms with van der Waals surface area (Å²) >= 11 is 0. The normalized spacial score (nSPS) is 10.1. The van der Waals surface area contributed by atoms with Crippen molar-refractivity contribution in [1.82, 2.24) is 0 Å². The van der Waals surface area contributed by atoms with E-state index in [1.54, 1.807) is 13.2 Å². The number of benzene rings is 2. The third-order valence-corrected chi connectivity index (χ3v) is 3.87. The van der Waals surface area contributed by atoms with Crippen LogP contribution >= 0.6 is 12.4 Å². The van der Waals surface area contributed by atoms with Crippen molar-refractivity contribution in [2.45, 2.75) is 26.2 Å². The van der Waals surface area contributed by atoms with E-state index < -0.39 is 0 Å². The Labute approximate surface area is 161 Å². The molecule has 0 aliphatic rings. The largest absolute Gasteiger partial charge is 0.494 e. The molecule has 0 spiro atoms. The molecular formula is C20H27ClN2O3. The van der Waals surface area contributed by atoms with E-state index in [4.69, 9.17) is 15.2 Å². The number of anilines is 2. The van der Waals surface area contributed by atoms with E-state index in [0.29, 0.717) is 31.7 Å². The Morgan fingerprint density at radius 3 is 2.54 bits per heavy atom. The molecule has 0 heterocycles. The Morgan fingerprint density at radius 1 is 1.12 bits per heavy atom. The number of nitrogens with one attached hydrogen (secondary N) is 1. The van der Waals surface area contributed by atoms with Crippen LogP contribution in [0.1, 0.15) is 24.0 Å². The Bertz CT molecular complexity index is 690. The highest BCUT2D eigenvalue weighted by Crippen LogP contribution is 2.18. The summed E-state index contributed by atoms with van der Waals surface area (Å²) in [5, 5.41) is 2.89. The average molecular weight is 379 g/mol. The first-order chi connectivity index (χ1) is 12.1. The summed E-state index contributed by atoms with van der Waals surface area (Å²) in [6, 6.07) is 13.4. The van der Waals surface area contributed by atoms with Gasteiger partial charge in [-0.3, -0.25) is 4.79 Å². The lowest BCUT2D eigenvalue weighted by atomic mass is 10.1. The molecule has 6 heteroatoms. The zero-order chi connectivity index (χ0) is 18.1. The minimum Gasteiger partial charge on any atom is -0.494 e. The number of ether oxygens (including phenoxy) is 2. The standard InChI is InChI=1S/C20H26N2O3.ClH/c1-15-5-8-17(21)14-19(15)22-20(23)4-3-12-25-18-9-6-16(7-10-18)11-13-24-2;/h5-10,14H,3-4,11-13,21H2,1-2H3,(H,22,23);1H. The van der Waals surface area contributed by atoms with Crippen molar-refractivity contribution in [3.05, 3.63) is 53.6 Å². The number of carbonyl (C=O) groups excluding carboxylic acids is 1. The molecule has 0 saturated carbocycles. The molecule has 0 aliphatic carbocycles. The van der Waals surface area contributed by atoms with Gasteiger partial charge in [-0.25, -0.2) is 0 Å². The second-order valence-corrected chi connectivity index (χ2v) is 5.96. The summed E-state index contributed by atoms with van der Waals surface area (Å²) in [4.78, 5) is 12.0. The van der Waals surface area contributed by atoms with Crippen LogP contribution in [0.3, 0.4) is 0 Å². The summed E-state index contributed by atoms with van der Waals surface area (Å²) in [7, 11) is 1.70. The number of hydrogen-bond acceptors (Lipinski definition) is 4. The highest BCUT2D eigenvalue weighted by Gasteiger charge is 2.05. The molecule has 5 nitrogen and oxygen atoms in total. The molecule has 0 fully saturated rings. The number of amides is 1. The first kappa shape index (κ1) is 21.8. The maximum absolute atomic E-state index is 12.0. The third-order valence-electron chi connectivity index (χ3n) is 3.87. The monoisotopic (exact) mass is 378 g/mol. The summed E-state index contributed by atoms with van der Waals surface area (Å²) < 4.78 is 10.7. The van der Waals surface area contributed by atoms with Gasteiger partial charge >= 0.3 is 0 Å². The molecule has 0 aromatic heterocycles. The van der Waals surface area contributed by atoms with Crippen molar-refractivity contribution >= 4 is 29.7 Å². The molecule has 1 amide bonds. The molecule has 26 heavy (non-hydrogen) atoms. The van der Waals surface area contributed by atoms with Gasteiger partial charge in [0, 0.05) is 24.9 Å². The van der Waals surface area contributed by atoms with Crippen molar-refractivity contribution in [1.29, 1.82) is 0 Å². The van der Waals surface area contributed by atoms with Crippen molar-refractivity contribution in [3.63, 3.8) is 0 Å². The van der Waals surface area contributed by atoms with Gasteiger partial charge in [0.2, 0.25) is 5.91 Å². The van der Waals surface area contributed by atoms with Crippen LogP contribution in [0.5, 0.6) is 5.75 Å². The lowest BCUT2D eigenvalue weighted by molar-refractivity contribution is -0.116. The highest BCUT2D eigenvalue weighted by atomic mass is 35.5. The van der Waals surface area contributed by atoms with Crippen LogP contribution in [0.4, 0.5) is 11.4 Å². The Hall–Kier alpha value is -2.24. The van der Waals surface area contributed by atoms with Gasteiger partial charge in [0.1, 0.15) is 5.75 Å². The third kappa shape index (κ3) is 7.33. The van der Waals surface area contributed by atoms with Gasteiger partial charge in [-0.05, 0) is 55.2 Å². The number of nitrogens with two attached hydrogens (primary N) is 1. The molecule has 2 rings (SSSR count). The second kappa shape index (κ2) is 11.4. The van der Waals surface area contributed by atoms with E-state index in [-0.39, 0.29) is 18.3 Å². The molecule has 0 aliphatic heterocycles. The van der Waals surface area contributed by atoms with Crippen LogP contribution in [-0.2, 0) is 16.0 Å². The molecule has 0 unspecified atom stereocenters. The lowest BCUT2D eigenvalue weighted by Crippen LogP contribution is -2.13. The van der Waals surface area contributed by atoms with Crippen LogP contribution in [0.2, 0.25) is 0 Å². The van der Waals surface area contributed by atoms with Gasteiger partial charge < -0.3 is 20.5 Å². The fraction of sp³-hybridized carbons (Fsp3) is 0.350. The minimum atomic E-state index is -0.0350. The molecule has 0 bridgehead atoms. The predicted octanol–water partition coefficient (Wildman–Crippen LogP) is 3.99. The van der Waals surface area contributed by atoms with E-state index in [2.05, 4.69) is 5.32 Å². The fourth-order valence-corrected chi connectivity index (χ4v) is 2.38. The summed E-state index contributed by atoms with van der Waals surface area (Å²) in [6.07, 6.45) is 1.94. The van der Waals surface area contributed by atoms with Crippen LogP contribution in [0, 0.1) is 6.92 Å². The molecule has 3 N–H and O–H groups in total. The fourth-order valence-electron chi connectivity index (χ4n) is 2.38. The van der Waals surface area contributed by atoms with Crippen molar-refractivity contribution in [2.24, 2.45) is 0 Å². The van der Waals surface area contributed by atoms with Crippen molar-refractivity contribution < 1.29 is 14.3 Å². The Morgan fingerprint density at radius 2 is 1.85 bits per heavy atom. The predicted molar refractivity (Wildman–Crippen MR) is 108 cm³/mol. The van der Waals surface area contributed by atoms with Crippen LogP contribution < -0.4 is 15.8 Å². The van der Waals surface area contributed by atoms with Crippen molar-refractivity contribution in [2.75, 3.05) is 31.4 Å². The molecule has 2 aromatic rings. The van der Waals surface area contributed by atoms with Crippen LogP contribution in [0.25, 0.3) is 0 Å². The maximum Gasteiger partial charge on any atom is 0.224 e. The average Bonchev–Trinajstić information content (AvgIpc) is 2.61. The number of aryl methyl sites for hydroxylation is 1. The first-order valence-electron chi connectivity index (χ1n) is 8.45. The maximum atomic E-state index is 12.0. The van der Waals surface area contributed by atoms with Gasteiger partial charge in [-0.2, -0.15) is 0 Å². The quantitative estimate of drug-likeness (QED) is 0.511. The molecular weight excluding hydrogens is 352 g/mol. The zero-order valence-electron chi connectivity index (χ0n) is 15.3. The Kier molecular flexibility index (Phi) is 9.55. The van der Waals surface area contributed by atoms with Gasteiger partial charge in [-0.1, -0.05) is 18.2 Å². The second-order valence-electron chi connectivity index (χ2n) is 5.96. The van der Waals surface area contributed by atoms with Crippen LogP contribution in [0.15, 0.2) is 42.5 Å². The number of carbonyl (C=O) groups is 1. The first-order valence-corrected chi connectivity index (χ1v) is 8.45. The van der Waals surface area contributed by atoms with Gasteiger partial charge in [0.15, 0.2) is 0 Å². The number of hydrogen-bond donors (Lipinski definition) is 2. The summed E-state index contributed by atoms with van der Waals surface area (Å²) in [5.41, 5.74) is 9.35. The number of rotatable bonds is 9. The molecule has 0 saturated heterocycles. The van der Waals surface area contributed by atoms with E-state index in [1.165, 1.54) is 5.56 Å². The highest BCUT2D eigenvalue weighted by molar-refractivity contribution is 5.92. The van der Waals surface area contributed by atoms with Gasteiger partial charge in [0.05, 0.1) is 13.2 Å². The summed E-state index contributed by atoms with van der Waals surface area (Å²) in [6.45, 7) is 3.15. The van der Waals surface area contributed by atoms with E-state index in [0.717, 1.165) is 23.4 Å². The van der Waals surface area contributed by atoms with E-state index in [1.807, 2.05) is 43.3 Å². The van der Waals surface area contributed by atoms with Crippen molar-refractivity contribution in [3.8, 4) is 5.75 Å². The van der Waals surface area contributed by atoms with Gasteiger partial charge in [-0.15, -0.1) is 12.4 Å². The molecule has 2 aromatic carbocycles. The molecule has 0 atom stereocenters. The van der Waals surface area contributed by atoms with E-state index >= 15 is 0 Å². The number of methoxy groups -OCH3 is 1. The molecule has 142 valence electrons. The Balaban J connectivity index is 0.00000338. The number of nitrogen functional groups attached to an aromatic ring is 1. The SMILES string of the molecule is COCCc1ccc(OCCCC(=O)Nc2cc(N)ccc2C)cc1.Cl. The topological polar surface area (TPSA) is 73.6 Å². The smallest absolute Gasteiger partial charge is 0.224 e. The lowest BCUT2D eigenvalue weighted by Gasteiger charge is -2.10. The molecule has 0 radical (unpaired) electrons. The van der Waals surface area contributed by atoms with E-state index in [9.17, 15) is 4.79 Å². The van der Waals surface area contributed by atoms with Crippen LogP contribution in [-0.4, -0.2) is 26.2 Å². The number of halogens is 1. The van der Waals surface area contributed by atoms with Gasteiger partial charge in [0.25, 0.3) is 0 Å².